The Kier molecular flexibility index (Phi) is 4.26. The summed E-state index contributed by atoms with van der Waals surface area (Å²) in [6, 6.07) is 15.2. The van der Waals surface area contributed by atoms with Crippen molar-refractivity contribution in [1.29, 1.82) is 0 Å². The molecule has 1 atom stereocenters. The molecule has 1 aliphatic heterocycles. The number of methoxy groups -OCH3 is 1. The zero-order valence-corrected chi connectivity index (χ0v) is 12.8. The number of ether oxygens (including phenoxy) is 2. The van der Waals surface area contributed by atoms with Gasteiger partial charge in [0.15, 0.2) is 0 Å². The molecule has 21 heavy (non-hydrogen) atoms. The summed E-state index contributed by atoms with van der Waals surface area (Å²) in [6.45, 7) is 3.76. The Labute approximate surface area is 126 Å². The lowest BCUT2D eigenvalue weighted by Gasteiger charge is -2.26. The molecular weight excluding hydrogens is 260 g/mol. The first-order valence-electron chi connectivity index (χ1n) is 7.62. The second-order valence-electron chi connectivity index (χ2n) is 5.65. The van der Waals surface area contributed by atoms with E-state index in [4.69, 9.17) is 9.47 Å². The topological polar surface area (TPSA) is 18.5 Å². The predicted octanol–water partition coefficient (Wildman–Crippen LogP) is 4.11. The first-order valence-corrected chi connectivity index (χ1v) is 7.62. The van der Waals surface area contributed by atoms with E-state index >= 15 is 0 Å². The molecule has 0 aromatic heterocycles. The van der Waals surface area contributed by atoms with Crippen LogP contribution in [0.15, 0.2) is 42.5 Å². The van der Waals surface area contributed by atoms with Gasteiger partial charge in [-0.1, -0.05) is 37.3 Å². The summed E-state index contributed by atoms with van der Waals surface area (Å²) in [5, 5.41) is 0. The van der Waals surface area contributed by atoms with Crippen molar-refractivity contribution in [3.63, 3.8) is 0 Å². The van der Waals surface area contributed by atoms with Crippen LogP contribution in [0.1, 0.15) is 35.1 Å². The summed E-state index contributed by atoms with van der Waals surface area (Å²) in [6.07, 6.45) is 2.10. The maximum Gasteiger partial charge on any atom is 0.118 e. The van der Waals surface area contributed by atoms with Crippen molar-refractivity contribution in [3.8, 4) is 5.75 Å². The lowest BCUT2D eigenvalue weighted by atomic mass is 9.87. The van der Waals surface area contributed by atoms with Crippen LogP contribution in [0.4, 0.5) is 0 Å². The molecule has 3 rings (SSSR count). The third-order valence-corrected chi connectivity index (χ3v) is 4.27. The lowest BCUT2D eigenvalue weighted by Crippen LogP contribution is -2.19. The number of hydrogen-bond donors (Lipinski definition) is 0. The molecule has 0 saturated carbocycles. The summed E-state index contributed by atoms with van der Waals surface area (Å²) in [5.41, 5.74) is 5.53. The van der Waals surface area contributed by atoms with Crippen LogP contribution in [-0.4, -0.2) is 13.7 Å². The Bertz CT molecular complexity index is 601. The van der Waals surface area contributed by atoms with Gasteiger partial charge in [-0.15, -0.1) is 0 Å². The van der Waals surface area contributed by atoms with Crippen molar-refractivity contribution in [3.05, 3.63) is 64.7 Å². The fraction of sp³-hybridized carbons (Fsp3) is 0.368. The van der Waals surface area contributed by atoms with Gasteiger partial charge < -0.3 is 9.47 Å². The normalized spacial score (nSPS) is 17.3. The average molecular weight is 282 g/mol. The Morgan fingerprint density at radius 2 is 1.86 bits per heavy atom. The van der Waals surface area contributed by atoms with Crippen molar-refractivity contribution < 1.29 is 9.47 Å². The molecule has 0 aliphatic carbocycles. The van der Waals surface area contributed by atoms with E-state index in [0.717, 1.165) is 31.8 Å². The molecule has 2 aromatic rings. The van der Waals surface area contributed by atoms with Gasteiger partial charge in [-0.05, 0) is 47.2 Å². The summed E-state index contributed by atoms with van der Waals surface area (Å²) in [4.78, 5) is 0. The van der Waals surface area contributed by atoms with Crippen molar-refractivity contribution in [2.24, 2.45) is 0 Å². The highest BCUT2D eigenvalue weighted by molar-refractivity contribution is 5.37. The largest absolute Gasteiger partial charge is 0.497 e. The zero-order chi connectivity index (χ0) is 14.7. The van der Waals surface area contributed by atoms with Gasteiger partial charge in [0.2, 0.25) is 0 Å². The molecule has 2 nitrogen and oxygen atoms in total. The quantitative estimate of drug-likeness (QED) is 0.840. The summed E-state index contributed by atoms with van der Waals surface area (Å²) in [5.74, 6) is 1.36. The zero-order valence-electron chi connectivity index (χ0n) is 12.8. The van der Waals surface area contributed by atoms with Gasteiger partial charge in [0.05, 0.1) is 20.3 Å². The Balaban J connectivity index is 1.81. The third-order valence-electron chi connectivity index (χ3n) is 4.27. The SMILES string of the molecule is CCc1ccc2c(c1)COCC2Cc1ccc(OC)cc1. The second kappa shape index (κ2) is 6.31. The molecule has 0 spiro atoms. The Morgan fingerprint density at radius 3 is 2.57 bits per heavy atom. The monoisotopic (exact) mass is 282 g/mol. The van der Waals surface area contributed by atoms with Crippen molar-refractivity contribution in [2.45, 2.75) is 32.3 Å². The Hall–Kier alpha value is -1.80. The molecule has 0 bridgehead atoms. The van der Waals surface area contributed by atoms with Gasteiger partial charge in [0, 0.05) is 5.92 Å². The molecule has 0 fully saturated rings. The van der Waals surface area contributed by atoms with Crippen LogP contribution in [0.5, 0.6) is 5.75 Å². The van der Waals surface area contributed by atoms with E-state index in [-0.39, 0.29) is 0 Å². The minimum absolute atomic E-state index is 0.452. The summed E-state index contributed by atoms with van der Waals surface area (Å²) in [7, 11) is 1.70. The van der Waals surface area contributed by atoms with E-state index in [2.05, 4.69) is 37.3 Å². The van der Waals surface area contributed by atoms with Crippen LogP contribution in [-0.2, 0) is 24.2 Å². The lowest BCUT2D eigenvalue weighted by molar-refractivity contribution is 0.0909. The number of fused-ring (bicyclic) bond motifs is 1. The molecule has 0 amide bonds. The minimum atomic E-state index is 0.452. The minimum Gasteiger partial charge on any atom is -0.497 e. The molecule has 1 heterocycles. The molecule has 1 aliphatic rings. The van der Waals surface area contributed by atoms with Gasteiger partial charge in [-0.2, -0.15) is 0 Å². The van der Waals surface area contributed by atoms with Gasteiger partial charge >= 0.3 is 0 Å². The van der Waals surface area contributed by atoms with Crippen LogP contribution >= 0.6 is 0 Å². The van der Waals surface area contributed by atoms with Crippen LogP contribution in [0.2, 0.25) is 0 Å². The third kappa shape index (κ3) is 3.11. The maximum absolute atomic E-state index is 5.80. The molecule has 0 N–H and O–H groups in total. The molecule has 110 valence electrons. The number of benzene rings is 2. The van der Waals surface area contributed by atoms with Crippen molar-refractivity contribution >= 4 is 0 Å². The van der Waals surface area contributed by atoms with E-state index in [1.807, 2.05) is 12.1 Å². The van der Waals surface area contributed by atoms with Crippen molar-refractivity contribution in [1.82, 2.24) is 0 Å². The average Bonchev–Trinajstić information content (AvgIpc) is 2.55. The fourth-order valence-corrected chi connectivity index (χ4v) is 3.02. The molecule has 0 saturated heterocycles. The van der Waals surface area contributed by atoms with Gasteiger partial charge in [0.25, 0.3) is 0 Å². The highest BCUT2D eigenvalue weighted by atomic mass is 16.5. The summed E-state index contributed by atoms with van der Waals surface area (Å²) < 4.78 is 11.0. The smallest absolute Gasteiger partial charge is 0.118 e. The molecule has 2 aromatic carbocycles. The van der Waals surface area contributed by atoms with Gasteiger partial charge in [0.1, 0.15) is 5.75 Å². The number of rotatable bonds is 4. The van der Waals surface area contributed by atoms with E-state index in [9.17, 15) is 0 Å². The van der Waals surface area contributed by atoms with E-state index in [1.165, 1.54) is 22.3 Å². The second-order valence-corrected chi connectivity index (χ2v) is 5.65. The fourth-order valence-electron chi connectivity index (χ4n) is 3.02. The maximum atomic E-state index is 5.80. The van der Waals surface area contributed by atoms with E-state index in [0.29, 0.717) is 5.92 Å². The summed E-state index contributed by atoms with van der Waals surface area (Å²) >= 11 is 0. The van der Waals surface area contributed by atoms with E-state index in [1.54, 1.807) is 7.11 Å². The first kappa shape index (κ1) is 14.2. The number of hydrogen-bond acceptors (Lipinski definition) is 2. The van der Waals surface area contributed by atoms with Crippen LogP contribution < -0.4 is 4.74 Å². The van der Waals surface area contributed by atoms with Gasteiger partial charge in [-0.25, -0.2) is 0 Å². The standard InChI is InChI=1S/C19H22O2/c1-3-14-6-9-19-16(10-14)12-21-13-17(19)11-15-4-7-18(20-2)8-5-15/h4-10,17H,3,11-13H2,1-2H3. The number of aryl methyl sites for hydroxylation is 1. The molecular formula is C19H22O2. The molecule has 2 heteroatoms. The highest BCUT2D eigenvalue weighted by Crippen LogP contribution is 2.30. The molecule has 1 unspecified atom stereocenters. The van der Waals surface area contributed by atoms with Crippen LogP contribution in [0, 0.1) is 0 Å². The van der Waals surface area contributed by atoms with Crippen LogP contribution in [0.25, 0.3) is 0 Å². The molecule has 0 radical (unpaired) electrons. The van der Waals surface area contributed by atoms with Gasteiger partial charge in [-0.3, -0.25) is 0 Å². The van der Waals surface area contributed by atoms with E-state index < -0.39 is 0 Å². The highest BCUT2D eigenvalue weighted by Gasteiger charge is 2.21. The van der Waals surface area contributed by atoms with Crippen molar-refractivity contribution in [2.75, 3.05) is 13.7 Å². The predicted molar refractivity (Wildman–Crippen MR) is 84.9 cm³/mol. The first-order chi connectivity index (χ1) is 10.3. The Morgan fingerprint density at radius 1 is 1.10 bits per heavy atom. The van der Waals surface area contributed by atoms with Crippen LogP contribution in [0.3, 0.4) is 0 Å².